The van der Waals surface area contributed by atoms with E-state index in [1.807, 2.05) is 31.2 Å². The van der Waals surface area contributed by atoms with Crippen LogP contribution >= 0.6 is 11.3 Å². The number of hydrogen-bond acceptors (Lipinski definition) is 5. The molecule has 6 heteroatoms. The molecule has 0 bridgehead atoms. The maximum Gasteiger partial charge on any atom is 0.310 e. The number of rotatable bonds is 6. The van der Waals surface area contributed by atoms with Crippen LogP contribution in [0.15, 0.2) is 5.51 Å². The van der Waals surface area contributed by atoms with Gasteiger partial charge in [0, 0.05) is 30.3 Å². The number of ether oxygens (including phenoxy) is 1. The van der Waals surface area contributed by atoms with E-state index >= 15 is 0 Å². The summed E-state index contributed by atoms with van der Waals surface area (Å²) in [6.45, 7) is 7.57. The van der Waals surface area contributed by atoms with Gasteiger partial charge < -0.3 is 9.64 Å². The molecule has 5 nitrogen and oxygen atoms in total. The monoisotopic (exact) mass is 338 g/mol. The Morgan fingerprint density at radius 3 is 2.96 bits per heavy atom. The molecule has 0 spiro atoms. The number of aromatic nitrogens is 1. The smallest absolute Gasteiger partial charge is 0.310 e. The molecule has 128 valence electrons. The van der Waals surface area contributed by atoms with Gasteiger partial charge in [-0.05, 0) is 26.2 Å². The molecule has 0 aliphatic carbocycles. The van der Waals surface area contributed by atoms with Crippen LogP contribution in [0.4, 0.5) is 0 Å². The third-order valence-corrected chi connectivity index (χ3v) is 5.51. The summed E-state index contributed by atoms with van der Waals surface area (Å²) in [6, 6.07) is 0. The fraction of sp³-hybridized carbons (Fsp3) is 0.706. The number of nitrogens with zero attached hydrogens (tertiary/aromatic N) is 2. The summed E-state index contributed by atoms with van der Waals surface area (Å²) < 4.78 is 5.43. The second kappa shape index (κ2) is 8.43. The van der Waals surface area contributed by atoms with E-state index < -0.39 is 0 Å². The van der Waals surface area contributed by atoms with Crippen LogP contribution < -0.4 is 0 Å². The van der Waals surface area contributed by atoms with Crippen molar-refractivity contribution in [2.45, 2.75) is 46.5 Å². The van der Waals surface area contributed by atoms with Gasteiger partial charge in [-0.2, -0.15) is 0 Å². The number of carbonyl (C=O) groups excluding carboxylic acids is 2. The van der Waals surface area contributed by atoms with E-state index in [1.54, 1.807) is 11.3 Å². The van der Waals surface area contributed by atoms with Crippen molar-refractivity contribution in [3.8, 4) is 0 Å². The Hall–Kier alpha value is -1.43. The highest BCUT2D eigenvalue weighted by Crippen LogP contribution is 2.21. The van der Waals surface area contributed by atoms with Crippen molar-refractivity contribution in [1.82, 2.24) is 9.88 Å². The summed E-state index contributed by atoms with van der Waals surface area (Å²) in [6.07, 6.45) is 3.22. The number of carbonyl (C=O) groups is 2. The van der Waals surface area contributed by atoms with E-state index in [1.165, 1.54) is 0 Å². The minimum absolute atomic E-state index is 0.0269. The summed E-state index contributed by atoms with van der Waals surface area (Å²) in [4.78, 5) is 31.7. The number of hydrogen-bond donors (Lipinski definition) is 0. The highest BCUT2D eigenvalue weighted by atomic mass is 32.1. The first-order valence-corrected chi connectivity index (χ1v) is 9.25. The van der Waals surface area contributed by atoms with Crippen molar-refractivity contribution in [3.05, 3.63) is 16.1 Å². The Balaban J connectivity index is 1.80. The number of thiazole rings is 1. The number of aryl methyl sites for hydroxylation is 1. The molecule has 2 atom stereocenters. The first-order valence-electron chi connectivity index (χ1n) is 8.37. The number of piperidine rings is 1. The highest BCUT2D eigenvalue weighted by molar-refractivity contribution is 7.09. The van der Waals surface area contributed by atoms with Crippen molar-refractivity contribution in [1.29, 1.82) is 0 Å². The Bertz CT molecular complexity index is 544. The van der Waals surface area contributed by atoms with Gasteiger partial charge in [-0.15, -0.1) is 11.3 Å². The molecule has 2 rings (SSSR count). The number of likely N-dealkylation sites (tertiary alicyclic amines) is 1. The number of esters is 1. The predicted molar refractivity (Wildman–Crippen MR) is 90.3 cm³/mol. The molecular formula is C17H26N2O3S. The molecule has 1 aliphatic rings. The molecule has 0 N–H and O–H groups in total. The molecule has 1 saturated heterocycles. The molecule has 1 aliphatic heterocycles. The molecule has 23 heavy (non-hydrogen) atoms. The van der Waals surface area contributed by atoms with Crippen molar-refractivity contribution in [2.75, 3.05) is 19.7 Å². The van der Waals surface area contributed by atoms with Crippen LogP contribution in [0.25, 0.3) is 0 Å². The molecular weight excluding hydrogens is 312 g/mol. The van der Waals surface area contributed by atoms with Crippen molar-refractivity contribution in [3.63, 3.8) is 0 Å². The van der Waals surface area contributed by atoms with Crippen LogP contribution in [0.3, 0.4) is 0 Å². The SMILES string of the molecule is CCC(C)C(=O)N1CCCC(C(=O)OCCc2scnc2C)C1. The normalized spacial score (nSPS) is 19.4. The predicted octanol–water partition coefficient (Wildman–Crippen LogP) is 2.82. The van der Waals surface area contributed by atoms with Crippen molar-refractivity contribution < 1.29 is 14.3 Å². The van der Waals surface area contributed by atoms with Crippen LogP contribution in [0, 0.1) is 18.8 Å². The maximum atomic E-state index is 12.3. The molecule has 2 heterocycles. The maximum absolute atomic E-state index is 12.3. The van der Waals surface area contributed by atoms with Crippen LogP contribution in [0.1, 0.15) is 43.7 Å². The summed E-state index contributed by atoms with van der Waals surface area (Å²) in [5, 5.41) is 0. The number of amides is 1. The van der Waals surface area contributed by atoms with E-state index in [0.29, 0.717) is 19.6 Å². The largest absolute Gasteiger partial charge is 0.465 e. The lowest BCUT2D eigenvalue weighted by atomic mass is 9.96. The summed E-state index contributed by atoms with van der Waals surface area (Å²) in [5.74, 6) is -0.169. The first-order chi connectivity index (χ1) is 11.0. The molecule has 2 unspecified atom stereocenters. The molecule has 1 fully saturated rings. The molecule has 0 saturated carbocycles. The highest BCUT2D eigenvalue weighted by Gasteiger charge is 2.30. The zero-order chi connectivity index (χ0) is 16.8. The lowest BCUT2D eigenvalue weighted by Gasteiger charge is -2.33. The Labute approximate surface area is 142 Å². The minimum Gasteiger partial charge on any atom is -0.465 e. The van der Waals surface area contributed by atoms with Gasteiger partial charge in [0.15, 0.2) is 0 Å². The summed E-state index contributed by atoms with van der Waals surface area (Å²) >= 11 is 1.59. The molecule has 1 aromatic heterocycles. The lowest BCUT2D eigenvalue weighted by Crippen LogP contribution is -2.44. The van der Waals surface area contributed by atoms with Crippen LogP contribution in [0.2, 0.25) is 0 Å². The third-order valence-electron chi connectivity index (χ3n) is 4.52. The van der Waals surface area contributed by atoms with Gasteiger partial charge in [0.1, 0.15) is 0 Å². The van der Waals surface area contributed by atoms with Gasteiger partial charge in [-0.1, -0.05) is 13.8 Å². The zero-order valence-electron chi connectivity index (χ0n) is 14.2. The van der Waals surface area contributed by atoms with E-state index in [0.717, 1.165) is 36.4 Å². The van der Waals surface area contributed by atoms with E-state index in [-0.39, 0.29) is 23.7 Å². The van der Waals surface area contributed by atoms with E-state index in [4.69, 9.17) is 4.74 Å². The molecule has 0 radical (unpaired) electrons. The Morgan fingerprint density at radius 1 is 1.52 bits per heavy atom. The first kappa shape index (κ1) is 17.9. The Morgan fingerprint density at radius 2 is 2.30 bits per heavy atom. The summed E-state index contributed by atoms with van der Waals surface area (Å²) in [5.41, 5.74) is 2.82. The Kier molecular flexibility index (Phi) is 6.57. The standard InChI is InChI=1S/C17H26N2O3S/c1-4-12(2)16(20)19-8-5-6-14(10-19)17(21)22-9-7-15-13(3)18-11-23-15/h11-12,14H,4-10H2,1-3H3. The quantitative estimate of drug-likeness (QED) is 0.748. The average Bonchev–Trinajstić information content (AvgIpc) is 2.98. The fourth-order valence-corrected chi connectivity index (χ4v) is 3.55. The van der Waals surface area contributed by atoms with Gasteiger partial charge in [0.25, 0.3) is 0 Å². The van der Waals surface area contributed by atoms with Crippen molar-refractivity contribution >= 4 is 23.2 Å². The topological polar surface area (TPSA) is 59.5 Å². The van der Waals surface area contributed by atoms with Crippen LogP contribution in [-0.2, 0) is 20.7 Å². The van der Waals surface area contributed by atoms with E-state index in [2.05, 4.69) is 4.98 Å². The van der Waals surface area contributed by atoms with Crippen molar-refractivity contribution in [2.24, 2.45) is 11.8 Å². The second-order valence-corrected chi connectivity index (χ2v) is 7.15. The van der Waals surface area contributed by atoms with Gasteiger partial charge in [-0.25, -0.2) is 4.98 Å². The van der Waals surface area contributed by atoms with Crippen LogP contribution in [0.5, 0.6) is 0 Å². The van der Waals surface area contributed by atoms with Gasteiger partial charge >= 0.3 is 5.97 Å². The average molecular weight is 338 g/mol. The van der Waals surface area contributed by atoms with E-state index in [9.17, 15) is 9.59 Å². The van der Waals surface area contributed by atoms with Gasteiger partial charge in [0.05, 0.1) is 23.7 Å². The molecule has 0 aromatic carbocycles. The molecule has 1 amide bonds. The third kappa shape index (κ3) is 4.77. The summed E-state index contributed by atoms with van der Waals surface area (Å²) in [7, 11) is 0. The lowest BCUT2D eigenvalue weighted by molar-refractivity contribution is -0.152. The van der Waals surface area contributed by atoms with Crippen LogP contribution in [-0.4, -0.2) is 41.5 Å². The fourth-order valence-electron chi connectivity index (χ4n) is 2.78. The minimum atomic E-state index is -0.181. The molecule has 1 aromatic rings. The second-order valence-electron chi connectivity index (χ2n) is 6.21. The van der Waals surface area contributed by atoms with Gasteiger partial charge in [-0.3, -0.25) is 9.59 Å². The zero-order valence-corrected chi connectivity index (χ0v) is 15.0. The van der Waals surface area contributed by atoms with Gasteiger partial charge in [0.2, 0.25) is 5.91 Å².